The Balaban J connectivity index is 2.13. The van der Waals surface area contributed by atoms with Crippen LogP contribution in [0.15, 0.2) is 24.3 Å². The maximum atomic E-state index is 9.27. The summed E-state index contributed by atoms with van der Waals surface area (Å²) in [5.74, 6) is 2.13. The van der Waals surface area contributed by atoms with E-state index in [0.29, 0.717) is 5.75 Å². The second-order valence-electron chi connectivity index (χ2n) is 5.82. The Bertz CT molecular complexity index is 550. The van der Waals surface area contributed by atoms with Crippen molar-refractivity contribution >= 4 is 0 Å². The van der Waals surface area contributed by atoms with E-state index in [-0.39, 0.29) is 5.54 Å². The normalized spacial score (nSPS) is 11.8. The van der Waals surface area contributed by atoms with Crippen LogP contribution in [0.2, 0.25) is 0 Å². The number of aromatic hydroxyl groups is 1. The van der Waals surface area contributed by atoms with Crippen LogP contribution >= 0.6 is 0 Å². The lowest BCUT2D eigenvalue weighted by Crippen LogP contribution is -2.25. The summed E-state index contributed by atoms with van der Waals surface area (Å²) in [7, 11) is 0. The number of rotatable bonds is 3. The Kier molecular flexibility index (Phi) is 3.60. The highest BCUT2D eigenvalue weighted by Crippen LogP contribution is 2.17. The highest BCUT2D eigenvalue weighted by Gasteiger charge is 2.19. The Labute approximate surface area is 114 Å². The quantitative estimate of drug-likeness (QED) is 0.922. The molecular weight excluding hydrogens is 238 g/mol. The minimum absolute atomic E-state index is 0.0501. The molecule has 0 saturated heterocycles. The largest absolute Gasteiger partial charge is 0.508 e. The highest BCUT2D eigenvalue weighted by molar-refractivity contribution is 5.26. The van der Waals surface area contributed by atoms with E-state index in [2.05, 4.69) is 30.9 Å². The highest BCUT2D eigenvalue weighted by atomic mass is 16.3. The van der Waals surface area contributed by atoms with Crippen molar-refractivity contribution in [2.24, 2.45) is 0 Å². The van der Waals surface area contributed by atoms with Crippen molar-refractivity contribution in [1.29, 1.82) is 0 Å². The number of phenolic OH excluding ortho intramolecular Hbond substituents is 1. The van der Waals surface area contributed by atoms with Crippen LogP contribution in [0.25, 0.3) is 0 Å². The number of hydrogen-bond acceptors (Lipinski definition) is 3. The van der Waals surface area contributed by atoms with Gasteiger partial charge in [-0.2, -0.15) is 5.10 Å². The van der Waals surface area contributed by atoms with Gasteiger partial charge in [0.2, 0.25) is 0 Å². The van der Waals surface area contributed by atoms with E-state index in [9.17, 15) is 5.11 Å². The molecule has 0 spiro atoms. The third-order valence-electron chi connectivity index (χ3n) is 2.99. The predicted octanol–water partition coefficient (Wildman–Crippen LogP) is 2.83. The van der Waals surface area contributed by atoms with Gasteiger partial charge in [0.25, 0.3) is 0 Å². The molecule has 102 valence electrons. The zero-order valence-electron chi connectivity index (χ0n) is 12.0. The van der Waals surface area contributed by atoms with Gasteiger partial charge >= 0.3 is 0 Å². The molecule has 0 saturated carbocycles. The van der Waals surface area contributed by atoms with Crippen LogP contribution < -0.4 is 0 Å². The van der Waals surface area contributed by atoms with Crippen LogP contribution in [-0.2, 0) is 18.4 Å². The minimum atomic E-state index is -0.0501. The van der Waals surface area contributed by atoms with Crippen LogP contribution in [-0.4, -0.2) is 19.9 Å². The summed E-state index contributed by atoms with van der Waals surface area (Å²) >= 11 is 0. The van der Waals surface area contributed by atoms with E-state index in [1.165, 1.54) is 5.56 Å². The third kappa shape index (κ3) is 3.34. The molecule has 0 aliphatic rings. The number of hydrogen-bond donors (Lipinski definition) is 1. The van der Waals surface area contributed by atoms with E-state index in [1.54, 1.807) is 12.1 Å². The van der Waals surface area contributed by atoms with Crippen molar-refractivity contribution in [3.63, 3.8) is 0 Å². The molecule has 0 aliphatic heterocycles. The zero-order valence-corrected chi connectivity index (χ0v) is 12.0. The van der Waals surface area contributed by atoms with Crippen LogP contribution in [0.3, 0.4) is 0 Å². The molecule has 0 fully saturated rings. The monoisotopic (exact) mass is 259 g/mol. The maximum Gasteiger partial charge on any atom is 0.147 e. The second kappa shape index (κ2) is 5.03. The second-order valence-corrected chi connectivity index (χ2v) is 5.82. The Morgan fingerprint density at radius 2 is 1.74 bits per heavy atom. The molecule has 0 amide bonds. The molecule has 4 nitrogen and oxygen atoms in total. The molecule has 0 radical (unpaired) electrons. The average Bonchev–Trinajstić information content (AvgIpc) is 2.70. The number of benzene rings is 1. The van der Waals surface area contributed by atoms with Gasteiger partial charge in [-0.1, -0.05) is 12.1 Å². The summed E-state index contributed by atoms with van der Waals surface area (Å²) in [6, 6.07) is 7.32. The molecular formula is C15H21N3O. The predicted molar refractivity (Wildman–Crippen MR) is 75.3 cm³/mol. The van der Waals surface area contributed by atoms with Crippen molar-refractivity contribution in [1.82, 2.24) is 14.8 Å². The summed E-state index contributed by atoms with van der Waals surface area (Å²) in [6.45, 7) is 8.31. The van der Waals surface area contributed by atoms with Crippen LogP contribution in [0.4, 0.5) is 0 Å². The number of phenols is 1. The molecule has 0 unspecified atom stereocenters. The molecule has 19 heavy (non-hydrogen) atoms. The fraction of sp³-hybridized carbons (Fsp3) is 0.467. The summed E-state index contributed by atoms with van der Waals surface area (Å²) in [6.07, 6.45) is 1.75. The molecule has 1 aromatic heterocycles. The van der Waals surface area contributed by atoms with E-state index < -0.39 is 0 Å². The lowest BCUT2D eigenvalue weighted by atomic mass is 10.1. The zero-order chi connectivity index (χ0) is 14.0. The molecule has 1 N–H and O–H groups in total. The Hall–Kier alpha value is -1.84. The van der Waals surface area contributed by atoms with Gasteiger partial charge in [0, 0.05) is 6.42 Å². The lowest BCUT2D eigenvalue weighted by molar-refractivity contribution is 0.340. The van der Waals surface area contributed by atoms with E-state index >= 15 is 0 Å². The van der Waals surface area contributed by atoms with Crippen molar-refractivity contribution < 1.29 is 5.11 Å². The molecule has 0 aliphatic carbocycles. The number of aryl methyl sites for hydroxylation is 3. The van der Waals surface area contributed by atoms with Gasteiger partial charge in [0.1, 0.15) is 17.4 Å². The SMILES string of the molecule is Cc1nc(CCc2ccc(O)cc2)n(C(C)(C)C)n1. The molecule has 0 atom stereocenters. The van der Waals surface area contributed by atoms with Gasteiger partial charge in [-0.25, -0.2) is 9.67 Å². The topological polar surface area (TPSA) is 50.9 Å². The number of nitrogens with zero attached hydrogens (tertiary/aromatic N) is 3. The Morgan fingerprint density at radius 1 is 1.11 bits per heavy atom. The molecule has 1 heterocycles. The smallest absolute Gasteiger partial charge is 0.147 e. The first-order chi connectivity index (χ1) is 8.86. The van der Waals surface area contributed by atoms with Gasteiger partial charge in [0.15, 0.2) is 0 Å². The van der Waals surface area contributed by atoms with Gasteiger partial charge in [-0.3, -0.25) is 0 Å². The van der Waals surface area contributed by atoms with E-state index in [0.717, 1.165) is 24.5 Å². The van der Waals surface area contributed by atoms with Gasteiger partial charge < -0.3 is 5.11 Å². The first kappa shape index (κ1) is 13.6. The van der Waals surface area contributed by atoms with Crippen molar-refractivity contribution in [3.8, 4) is 5.75 Å². The van der Waals surface area contributed by atoms with E-state index in [4.69, 9.17) is 0 Å². The average molecular weight is 259 g/mol. The molecule has 1 aromatic carbocycles. The summed E-state index contributed by atoms with van der Waals surface area (Å²) in [5.41, 5.74) is 1.14. The van der Waals surface area contributed by atoms with Crippen molar-refractivity contribution in [2.75, 3.05) is 0 Å². The minimum Gasteiger partial charge on any atom is -0.508 e. The standard InChI is InChI=1S/C15H21N3O/c1-11-16-14(18(17-11)15(2,3)4)10-7-12-5-8-13(19)9-6-12/h5-6,8-9,19H,7,10H2,1-4H3. The summed E-state index contributed by atoms with van der Waals surface area (Å²) < 4.78 is 2.00. The lowest BCUT2D eigenvalue weighted by Gasteiger charge is -2.21. The number of aromatic nitrogens is 3. The Morgan fingerprint density at radius 3 is 2.32 bits per heavy atom. The van der Waals surface area contributed by atoms with Crippen LogP contribution in [0.1, 0.15) is 38.0 Å². The van der Waals surface area contributed by atoms with Gasteiger partial charge in [0.05, 0.1) is 5.54 Å². The molecule has 2 aromatic rings. The van der Waals surface area contributed by atoms with Gasteiger partial charge in [-0.05, 0) is 51.8 Å². The van der Waals surface area contributed by atoms with Crippen molar-refractivity contribution in [2.45, 2.75) is 46.1 Å². The molecule has 0 bridgehead atoms. The van der Waals surface area contributed by atoms with Crippen molar-refractivity contribution in [3.05, 3.63) is 41.5 Å². The third-order valence-corrected chi connectivity index (χ3v) is 2.99. The fourth-order valence-corrected chi connectivity index (χ4v) is 2.08. The van der Waals surface area contributed by atoms with Crippen LogP contribution in [0.5, 0.6) is 5.75 Å². The van der Waals surface area contributed by atoms with Gasteiger partial charge in [-0.15, -0.1) is 0 Å². The van der Waals surface area contributed by atoms with E-state index in [1.807, 2.05) is 23.7 Å². The maximum absolute atomic E-state index is 9.27. The first-order valence-electron chi connectivity index (χ1n) is 6.57. The first-order valence-corrected chi connectivity index (χ1v) is 6.57. The summed E-state index contributed by atoms with van der Waals surface area (Å²) in [4.78, 5) is 4.51. The van der Waals surface area contributed by atoms with Crippen LogP contribution in [0, 0.1) is 6.92 Å². The molecule has 2 rings (SSSR count). The summed E-state index contributed by atoms with van der Waals surface area (Å²) in [5, 5.41) is 13.7. The molecule has 4 heteroatoms. The fourth-order valence-electron chi connectivity index (χ4n) is 2.08.